The summed E-state index contributed by atoms with van der Waals surface area (Å²) in [6.45, 7) is 6.65. The third kappa shape index (κ3) is 5.30. The highest BCUT2D eigenvalue weighted by Crippen LogP contribution is 2.19. The van der Waals surface area contributed by atoms with Crippen LogP contribution in [0.2, 0.25) is 0 Å². The molecule has 0 bridgehead atoms. The van der Waals surface area contributed by atoms with E-state index in [1.54, 1.807) is 6.26 Å². The first-order chi connectivity index (χ1) is 11.8. The van der Waals surface area contributed by atoms with Crippen LogP contribution in [0.15, 0.2) is 27.8 Å². The van der Waals surface area contributed by atoms with Crippen molar-refractivity contribution in [2.45, 2.75) is 19.8 Å². The topological polar surface area (TPSA) is 69.8 Å². The standard InChI is InChI=1S/C16H24N6OS.HI/c1-3-14-19-16(24-20-14)22-10-8-21(9-11-22)15(17-2)18-7-6-13-5-4-12-23-13;/h4-5,12H,3,6-11H2,1-2H3,(H,17,18);1H. The first kappa shape index (κ1) is 20.0. The second-order valence-corrected chi connectivity index (χ2v) is 6.35. The Morgan fingerprint density at radius 3 is 2.76 bits per heavy atom. The third-order valence-corrected chi connectivity index (χ3v) is 4.88. The summed E-state index contributed by atoms with van der Waals surface area (Å²) < 4.78 is 9.73. The molecule has 0 aliphatic carbocycles. The molecular weight excluding hydrogens is 451 g/mol. The second kappa shape index (κ2) is 9.95. The van der Waals surface area contributed by atoms with Crippen molar-refractivity contribution in [1.82, 2.24) is 19.6 Å². The fraction of sp³-hybridized carbons (Fsp3) is 0.562. The molecule has 7 nitrogen and oxygen atoms in total. The van der Waals surface area contributed by atoms with Crippen molar-refractivity contribution >= 4 is 46.6 Å². The van der Waals surface area contributed by atoms with Crippen molar-refractivity contribution in [3.05, 3.63) is 30.0 Å². The maximum absolute atomic E-state index is 5.36. The van der Waals surface area contributed by atoms with Crippen LogP contribution in [0, 0.1) is 0 Å². The summed E-state index contributed by atoms with van der Waals surface area (Å²) in [5, 5.41) is 4.45. The number of hydrogen-bond donors (Lipinski definition) is 1. The predicted molar refractivity (Wildman–Crippen MR) is 112 cm³/mol. The minimum atomic E-state index is 0. The lowest BCUT2D eigenvalue weighted by Gasteiger charge is -2.36. The predicted octanol–water partition coefficient (Wildman–Crippen LogP) is 2.25. The van der Waals surface area contributed by atoms with Gasteiger partial charge in [0.25, 0.3) is 0 Å². The second-order valence-electron chi connectivity index (χ2n) is 5.62. The smallest absolute Gasteiger partial charge is 0.205 e. The van der Waals surface area contributed by atoms with Gasteiger partial charge in [0.05, 0.1) is 6.26 Å². The first-order valence-electron chi connectivity index (χ1n) is 8.35. The van der Waals surface area contributed by atoms with Crippen LogP contribution >= 0.6 is 35.5 Å². The van der Waals surface area contributed by atoms with E-state index in [0.29, 0.717) is 0 Å². The van der Waals surface area contributed by atoms with Gasteiger partial charge in [0.1, 0.15) is 11.6 Å². The molecule has 0 aromatic carbocycles. The Labute approximate surface area is 169 Å². The first-order valence-corrected chi connectivity index (χ1v) is 9.13. The minimum Gasteiger partial charge on any atom is -0.469 e. The molecule has 0 radical (unpaired) electrons. The molecule has 1 aliphatic rings. The number of hydrogen-bond acceptors (Lipinski definition) is 6. The molecule has 1 saturated heterocycles. The van der Waals surface area contributed by atoms with Crippen molar-refractivity contribution in [2.24, 2.45) is 4.99 Å². The van der Waals surface area contributed by atoms with E-state index in [1.165, 1.54) is 11.5 Å². The van der Waals surface area contributed by atoms with Crippen LogP contribution in [-0.4, -0.2) is 60.0 Å². The van der Waals surface area contributed by atoms with Gasteiger partial charge in [-0.05, 0) is 12.1 Å². The fourth-order valence-corrected chi connectivity index (χ4v) is 3.51. The monoisotopic (exact) mass is 476 g/mol. The molecule has 3 rings (SSSR count). The van der Waals surface area contributed by atoms with Crippen LogP contribution in [-0.2, 0) is 12.8 Å². The molecule has 9 heteroatoms. The van der Waals surface area contributed by atoms with Crippen molar-refractivity contribution in [3.63, 3.8) is 0 Å². The zero-order valence-corrected chi connectivity index (χ0v) is 17.8. The zero-order chi connectivity index (χ0) is 16.8. The lowest BCUT2D eigenvalue weighted by atomic mass is 10.3. The highest BCUT2D eigenvalue weighted by molar-refractivity contribution is 14.0. The number of aliphatic imine (C=N–C) groups is 1. The summed E-state index contributed by atoms with van der Waals surface area (Å²) in [6.07, 6.45) is 3.46. The van der Waals surface area contributed by atoms with Gasteiger partial charge in [-0.1, -0.05) is 6.92 Å². The van der Waals surface area contributed by atoms with E-state index in [2.05, 4.69) is 36.4 Å². The SMILES string of the molecule is CCc1nsc(N2CCN(C(=NC)NCCc3ccco3)CC2)n1.I. The number of nitrogens with zero attached hydrogens (tertiary/aromatic N) is 5. The van der Waals surface area contributed by atoms with Crippen LogP contribution in [0.25, 0.3) is 0 Å². The Kier molecular flexibility index (Phi) is 7.94. The Balaban J connectivity index is 0.00000225. The molecule has 0 atom stereocenters. The van der Waals surface area contributed by atoms with Gasteiger partial charge in [0, 0.05) is 64.1 Å². The van der Waals surface area contributed by atoms with Crippen LogP contribution in [0.4, 0.5) is 5.13 Å². The van der Waals surface area contributed by atoms with Crippen molar-refractivity contribution in [2.75, 3.05) is 44.7 Å². The molecule has 1 N–H and O–H groups in total. The molecule has 1 fully saturated rings. The van der Waals surface area contributed by atoms with Gasteiger partial charge in [-0.3, -0.25) is 4.99 Å². The number of piperazine rings is 1. The van der Waals surface area contributed by atoms with E-state index in [9.17, 15) is 0 Å². The van der Waals surface area contributed by atoms with Crippen LogP contribution in [0.3, 0.4) is 0 Å². The summed E-state index contributed by atoms with van der Waals surface area (Å²) in [4.78, 5) is 13.6. The number of guanidine groups is 1. The Hall–Kier alpha value is -1.36. The quantitative estimate of drug-likeness (QED) is 0.406. The highest BCUT2D eigenvalue weighted by atomic mass is 127. The van der Waals surface area contributed by atoms with Gasteiger partial charge in [-0.2, -0.15) is 4.37 Å². The number of furan rings is 1. The van der Waals surface area contributed by atoms with Gasteiger partial charge >= 0.3 is 0 Å². The molecule has 138 valence electrons. The number of nitrogens with one attached hydrogen (secondary N) is 1. The Morgan fingerprint density at radius 1 is 1.36 bits per heavy atom. The largest absolute Gasteiger partial charge is 0.469 e. The molecule has 2 aromatic heterocycles. The summed E-state index contributed by atoms with van der Waals surface area (Å²) >= 11 is 1.50. The van der Waals surface area contributed by atoms with E-state index in [-0.39, 0.29) is 24.0 Å². The lowest BCUT2D eigenvalue weighted by molar-refractivity contribution is 0.372. The van der Waals surface area contributed by atoms with Gasteiger partial charge in [0.2, 0.25) is 5.13 Å². The lowest BCUT2D eigenvalue weighted by Crippen LogP contribution is -2.52. The van der Waals surface area contributed by atoms with E-state index < -0.39 is 0 Å². The zero-order valence-electron chi connectivity index (χ0n) is 14.6. The number of aromatic nitrogens is 2. The van der Waals surface area contributed by atoms with Gasteiger partial charge < -0.3 is 19.5 Å². The van der Waals surface area contributed by atoms with Crippen LogP contribution < -0.4 is 10.2 Å². The molecule has 1 aliphatic heterocycles. The maximum Gasteiger partial charge on any atom is 0.205 e. The molecule has 2 aromatic rings. The Morgan fingerprint density at radius 2 is 2.16 bits per heavy atom. The van der Waals surface area contributed by atoms with Crippen LogP contribution in [0.1, 0.15) is 18.5 Å². The average molecular weight is 476 g/mol. The van der Waals surface area contributed by atoms with Crippen molar-refractivity contribution in [3.8, 4) is 0 Å². The molecule has 0 amide bonds. The molecule has 25 heavy (non-hydrogen) atoms. The van der Waals surface area contributed by atoms with Gasteiger partial charge in [0.15, 0.2) is 5.96 Å². The molecule has 0 spiro atoms. The average Bonchev–Trinajstić information content (AvgIpc) is 3.30. The third-order valence-electron chi connectivity index (χ3n) is 4.07. The molecule has 3 heterocycles. The normalized spacial score (nSPS) is 15.2. The summed E-state index contributed by atoms with van der Waals surface area (Å²) in [5.74, 6) is 2.88. The highest BCUT2D eigenvalue weighted by Gasteiger charge is 2.21. The summed E-state index contributed by atoms with van der Waals surface area (Å²) in [6, 6.07) is 3.91. The number of halogens is 1. The number of anilines is 1. The maximum atomic E-state index is 5.36. The molecular formula is C16H25IN6OS. The molecule has 0 unspecified atom stereocenters. The van der Waals surface area contributed by atoms with Crippen LogP contribution in [0.5, 0.6) is 0 Å². The summed E-state index contributed by atoms with van der Waals surface area (Å²) in [7, 11) is 1.83. The van der Waals surface area contributed by atoms with Gasteiger partial charge in [-0.25, -0.2) is 4.98 Å². The van der Waals surface area contributed by atoms with Crippen molar-refractivity contribution < 1.29 is 4.42 Å². The molecule has 0 saturated carbocycles. The fourth-order valence-electron chi connectivity index (χ4n) is 2.71. The van der Waals surface area contributed by atoms with E-state index >= 15 is 0 Å². The van der Waals surface area contributed by atoms with Gasteiger partial charge in [-0.15, -0.1) is 24.0 Å². The van der Waals surface area contributed by atoms with Crippen molar-refractivity contribution in [1.29, 1.82) is 0 Å². The van der Waals surface area contributed by atoms with E-state index in [4.69, 9.17) is 4.42 Å². The number of rotatable bonds is 5. The summed E-state index contributed by atoms with van der Waals surface area (Å²) in [5.41, 5.74) is 0. The Bertz CT molecular complexity index is 651. The number of aryl methyl sites for hydroxylation is 1. The minimum absolute atomic E-state index is 0. The van der Waals surface area contributed by atoms with E-state index in [1.807, 2.05) is 19.2 Å². The van der Waals surface area contributed by atoms with E-state index in [0.717, 1.165) is 68.2 Å².